The van der Waals surface area contributed by atoms with Crippen LogP contribution in [0.1, 0.15) is 24.8 Å². The number of benzene rings is 2. The summed E-state index contributed by atoms with van der Waals surface area (Å²) in [6.45, 7) is -0.0705. The van der Waals surface area contributed by atoms with Crippen molar-refractivity contribution in [3.8, 4) is 11.1 Å². The molecule has 0 bridgehead atoms. The molecule has 5 rings (SSSR count). The second kappa shape index (κ2) is 45.3. The number of aldehydes is 1. The van der Waals surface area contributed by atoms with E-state index in [2.05, 4.69) is 99.3 Å². The van der Waals surface area contributed by atoms with Gasteiger partial charge in [0.1, 0.15) is 18.9 Å². The summed E-state index contributed by atoms with van der Waals surface area (Å²) in [7, 11) is 2.90. The summed E-state index contributed by atoms with van der Waals surface area (Å²) in [5.74, 6) is -0.00303. The molecule has 28 heteroatoms. The molecular formula is C33H33Cl5I6K2N5O8S2-. The zero-order valence-electron chi connectivity index (χ0n) is 32.8. The van der Waals surface area contributed by atoms with Gasteiger partial charge in [-0.15, -0.1) is 28.7 Å². The molecule has 0 aliphatic carbocycles. The van der Waals surface area contributed by atoms with Gasteiger partial charge in [0.2, 0.25) is 0 Å². The van der Waals surface area contributed by atoms with E-state index in [0.717, 1.165) is 10.3 Å². The summed E-state index contributed by atoms with van der Waals surface area (Å²) in [5.41, 5.74) is 2.12. The SMILES string of the molecule is C.COCC(=O)Cc1ccc(Cl)cc1Cl.COn1c(=O)c(-c2ccc(Cl)cc2Cl)cc2cnc(SC)nc21.CSc1ncc(C=O)c(Cl)n1.I.II.I[I-]I.O=CO[O-].[H-].[K+].[K+]. The first-order valence-electron chi connectivity index (χ1n) is 14.5. The minimum atomic E-state index is -0.352. The Morgan fingerprint density at radius 3 is 1.84 bits per heavy atom. The molecule has 0 aliphatic heterocycles. The van der Waals surface area contributed by atoms with Crippen molar-refractivity contribution in [2.75, 3.05) is 33.3 Å². The normalized spacial score (nSPS) is 9.02. The van der Waals surface area contributed by atoms with Gasteiger partial charge < -0.3 is 21.1 Å². The van der Waals surface area contributed by atoms with Crippen molar-refractivity contribution in [1.29, 1.82) is 0 Å². The van der Waals surface area contributed by atoms with Crippen molar-refractivity contribution in [1.82, 2.24) is 24.7 Å². The molecule has 3 aromatic heterocycles. The zero-order chi connectivity index (χ0) is 43.5. The number of nitrogens with zero attached hydrogens (tertiary/aromatic N) is 5. The number of halogens is 11. The van der Waals surface area contributed by atoms with E-state index in [9.17, 15) is 14.4 Å². The molecule has 0 radical (unpaired) electrons. The van der Waals surface area contributed by atoms with Crippen LogP contribution in [0.2, 0.25) is 25.2 Å². The van der Waals surface area contributed by atoms with Crippen molar-refractivity contribution < 1.29 is 152 Å². The van der Waals surface area contributed by atoms with Crippen LogP contribution in [-0.4, -0.2) is 76.5 Å². The number of hydrogen-bond donors (Lipinski definition) is 0. The maximum Gasteiger partial charge on any atom is 1.00 e. The largest absolute Gasteiger partial charge is 1.00 e. The van der Waals surface area contributed by atoms with E-state index < -0.39 is 0 Å². The Hall–Kier alpha value is 4.14. The monoisotopic (exact) mass is 1710 g/mol. The van der Waals surface area contributed by atoms with E-state index in [1.807, 2.05) is 12.5 Å². The predicted octanol–water partition coefficient (Wildman–Crippen LogP) is 2.32. The molecule has 0 saturated carbocycles. The van der Waals surface area contributed by atoms with Gasteiger partial charge in [-0.05, 0) is 48.4 Å². The Bertz CT molecular complexity index is 2130. The van der Waals surface area contributed by atoms with Crippen molar-refractivity contribution in [2.24, 2.45) is 0 Å². The molecule has 0 saturated heterocycles. The van der Waals surface area contributed by atoms with E-state index in [4.69, 9.17) is 77.6 Å². The van der Waals surface area contributed by atoms with E-state index in [0.29, 0.717) is 77.7 Å². The van der Waals surface area contributed by atoms with E-state index in [1.165, 1.54) is 43.9 Å². The zero-order valence-corrected chi connectivity index (χ0v) is 56.5. The third-order valence-electron chi connectivity index (χ3n) is 6.07. The maximum absolute atomic E-state index is 12.7. The van der Waals surface area contributed by atoms with Gasteiger partial charge in [0, 0.05) is 89.2 Å². The van der Waals surface area contributed by atoms with Gasteiger partial charge in [0.15, 0.2) is 28.0 Å². The van der Waals surface area contributed by atoms with Crippen molar-refractivity contribution in [3.63, 3.8) is 0 Å². The second-order valence-electron chi connectivity index (χ2n) is 9.45. The van der Waals surface area contributed by atoms with Crippen LogP contribution in [0, 0.1) is 0 Å². The fourth-order valence-electron chi connectivity index (χ4n) is 3.84. The van der Waals surface area contributed by atoms with Gasteiger partial charge in [-0.1, -0.05) is 101 Å². The van der Waals surface area contributed by atoms with Gasteiger partial charge in [0.05, 0.1) is 16.1 Å². The van der Waals surface area contributed by atoms with Crippen molar-refractivity contribution >= 4 is 210 Å². The number of ketones is 1. The number of hydrogen-bond acceptors (Lipinski definition) is 14. The number of methoxy groups -OCH3 is 1. The van der Waals surface area contributed by atoms with Crippen LogP contribution in [0.15, 0.2) is 70.0 Å². The Kier molecular flexibility index (Phi) is 55.0. The minimum absolute atomic E-state index is 0. The number of pyridine rings is 1. The minimum Gasteiger partial charge on any atom is -1.00 e. The second-order valence-corrected chi connectivity index (χ2v) is 29.3. The summed E-state index contributed by atoms with van der Waals surface area (Å²) in [5, 5.41) is 12.4. The molecular weight excluding hydrogens is 1680 g/mol. The number of thioether (sulfide) groups is 2. The molecule has 330 valence electrons. The van der Waals surface area contributed by atoms with E-state index >= 15 is 0 Å². The summed E-state index contributed by atoms with van der Waals surface area (Å²) < 4.78 is 5.86. The first-order valence-corrected chi connectivity index (χ1v) is 37.6. The Labute approximate surface area is 544 Å². The van der Waals surface area contributed by atoms with Gasteiger partial charge >= 0.3 is 153 Å². The first kappa shape index (κ1) is 74.1. The van der Waals surface area contributed by atoms with Gasteiger partial charge in [0.25, 0.3) is 12.0 Å². The number of rotatable bonds is 10. The predicted molar refractivity (Wildman–Crippen MR) is 281 cm³/mol. The Balaban J connectivity index is -0.000000175. The fraction of sp³-hybridized carbons (Fsp3) is 0.212. The van der Waals surface area contributed by atoms with Crippen LogP contribution in [0.4, 0.5) is 0 Å². The first-order chi connectivity index (χ1) is 27.3. The van der Waals surface area contributed by atoms with Crippen LogP contribution in [-0.2, 0) is 25.6 Å². The topological polar surface area (TPSA) is 176 Å². The molecule has 2 aromatic carbocycles. The molecule has 0 unspecified atom stereocenters. The average Bonchev–Trinajstić information content (AvgIpc) is 3.20. The summed E-state index contributed by atoms with van der Waals surface area (Å²) >= 11 is 41.7. The average molecular weight is 1710 g/mol. The van der Waals surface area contributed by atoms with Gasteiger partial charge in [-0.25, -0.2) is 19.9 Å². The summed E-state index contributed by atoms with van der Waals surface area (Å²) in [4.78, 5) is 67.0. The smallest absolute Gasteiger partial charge is 1.00 e. The fourth-order valence-corrected chi connectivity index (χ4v) is 5.73. The molecule has 0 spiro atoms. The van der Waals surface area contributed by atoms with Gasteiger partial charge in [-0.2, -0.15) is 0 Å². The van der Waals surface area contributed by atoms with Gasteiger partial charge in [-0.3, -0.25) is 19.2 Å². The molecule has 61 heavy (non-hydrogen) atoms. The van der Waals surface area contributed by atoms with Crippen molar-refractivity contribution in [2.45, 2.75) is 24.2 Å². The molecule has 0 N–H and O–H groups in total. The number of carbonyl (C=O) groups excluding carboxylic acids is 3. The number of Topliss-reactive ketones (excluding diaryl/α,β-unsaturated/α-hetero) is 1. The number of aromatic nitrogens is 5. The van der Waals surface area contributed by atoms with Crippen LogP contribution >= 0.6 is 180 Å². The number of ether oxygens (including phenoxy) is 1. The quantitative estimate of drug-likeness (QED) is 0.0291. The molecule has 5 aromatic rings. The van der Waals surface area contributed by atoms with E-state index in [-0.39, 0.29) is 172 Å². The number of carbonyl (C=O) groups is 3. The Morgan fingerprint density at radius 1 is 0.885 bits per heavy atom. The van der Waals surface area contributed by atoms with Crippen LogP contribution in [0.5, 0.6) is 0 Å². The van der Waals surface area contributed by atoms with E-state index in [1.54, 1.807) is 48.7 Å². The maximum atomic E-state index is 12.7. The molecule has 3 heterocycles. The Morgan fingerprint density at radius 2 is 1.39 bits per heavy atom. The molecule has 0 aliphatic rings. The van der Waals surface area contributed by atoms with Crippen LogP contribution in [0.25, 0.3) is 22.2 Å². The summed E-state index contributed by atoms with van der Waals surface area (Å²) in [6.07, 6.45) is 7.67. The molecule has 0 amide bonds. The molecule has 0 atom stereocenters. The third kappa shape index (κ3) is 29.2. The standard InChI is InChI=1S/C15H11Cl2N3O2S.C10H10Cl2O2.C6H5ClN2OS.CH2O3.CH4.I3.I2.HI.2K.H/c1-22-20-13-8(7-18-15(19-13)23-2)5-11(14(20)21)10-4-3-9(16)6-12(10)17;1-14-6-9(13)4-7-2-3-8(11)5-10(7)12;1-11-6-8-2-4(3-10)5(7)9-6;2-1-4-3;;1-3-2;1-2;;;;/h3-7H,1-2H3;2-3,5H,4,6H2,1H3;2-3H,1H3;1,3H;1H4;;;1H;;;/q;;;;;-1;;;2*+1;-1/p-1. The molecule has 13 nitrogen and oxygen atoms in total. The van der Waals surface area contributed by atoms with Crippen LogP contribution < -0.4 is 132 Å². The molecule has 0 fully saturated rings. The third-order valence-corrected chi connectivity index (χ3v) is 8.63. The summed E-state index contributed by atoms with van der Waals surface area (Å²) in [6, 6.07) is 11.7. The van der Waals surface area contributed by atoms with Crippen molar-refractivity contribution in [3.05, 3.63) is 102 Å². The number of fused-ring (bicyclic) bond motifs is 1. The van der Waals surface area contributed by atoms with Crippen LogP contribution in [0.3, 0.4) is 0 Å².